The first-order valence-corrected chi connectivity index (χ1v) is 5.90. The molecule has 2 unspecified atom stereocenters. The van der Waals surface area contributed by atoms with E-state index in [-0.39, 0.29) is 24.4 Å². The van der Waals surface area contributed by atoms with E-state index in [1.807, 2.05) is 6.92 Å². The number of nitrogens with zero attached hydrogens (tertiary/aromatic N) is 1. The third kappa shape index (κ3) is 4.68. The van der Waals surface area contributed by atoms with Gasteiger partial charge in [0.25, 0.3) is 0 Å². The van der Waals surface area contributed by atoms with E-state index in [0.29, 0.717) is 19.1 Å². The summed E-state index contributed by atoms with van der Waals surface area (Å²) in [5.74, 6) is 0.129. The Hall–Kier alpha value is -0.320. The highest BCUT2D eigenvalue weighted by atomic mass is 35.5. The average molecular weight is 250 g/mol. The van der Waals surface area contributed by atoms with Gasteiger partial charge < -0.3 is 11.1 Å². The Labute approximate surface area is 104 Å². The fraction of sp³-hybridized carbons (Fsp3) is 0.909. The van der Waals surface area contributed by atoms with Gasteiger partial charge in [-0.3, -0.25) is 9.69 Å². The van der Waals surface area contributed by atoms with E-state index in [1.165, 1.54) is 6.42 Å². The maximum Gasteiger partial charge on any atom is 0.234 e. The number of carbonyl (C=O) groups excluding carboxylic acids is 1. The van der Waals surface area contributed by atoms with Crippen LogP contribution in [0.5, 0.6) is 0 Å². The first-order valence-electron chi connectivity index (χ1n) is 5.90. The zero-order valence-electron chi connectivity index (χ0n) is 10.2. The predicted octanol–water partition coefficient (Wildman–Crippen LogP) is 0.746. The van der Waals surface area contributed by atoms with Crippen molar-refractivity contribution in [2.24, 2.45) is 5.73 Å². The number of nitrogens with two attached hydrogens (primary N) is 1. The van der Waals surface area contributed by atoms with E-state index in [0.717, 1.165) is 19.4 Å². The third-order valence-corrected chi connectivity index (χ3v) is 3.14. The molecule has 0 radical (unpaired) electrons. The Morgan fingerprint density at radius 3 is 2.88 bits per heavy atom. The van der Waals surface area contributed by atoms with Crippen LogP contribution in [0.3, 0.4) is 0 Å². The van der Waals surface area contributed by atoms with Gasteiger partial charge in [-0.15, -0.1) is 12.4 Å². The van der Waals surface area contributed by atoms with Crippen molar-refractivity contribution in [3.63, 3.8) is 0 Å². The van der Waals surface area contributed by atoms with Crippen LogP contribution in [0.25, 0.3) is 0 Å². The van der Waals surface area contributed by atoms with Gasteiger partial charge in [-0.2, -0.15) is 0 Å². The summed E-state index contributed by atoms with van der Waals surface area (Å²) in [6.45, 7) is 6.28. The van der Waals surface area contributed by atoms with Gasteiger partial charge in [0.15, 0.2) is 0 Å². The normalized spacial score (nSPS) is 22.6. The Kier molecular flexibility index (Phi) is 7.72. The summed E-state index contributed by atoms with van der Waals surface area (Å²) in [7, 11) is 0. The first kappa shape index (κ1) is 15.7. The van der Waals surface area contributed by atoms with Crippen molar-refractivity contribution in [1.29, 1.82) is 0 Å². The number of nitrogens with one attached hydrogen (secondary N) is 1. The molecular formula is C11H24ClN3O. The molecule has 1 aliphatic rings. The first-order chi connectivity index (χ1) is 7.17. The van der Waals surface area contributed by atoms with Crippen molar-refractivity contribution in [2.45, 2.75) is 45.2 Å². The van der Waals surface area contributed by atoms with Crippen LogP contribution in [0.1, 0.15) is 33.1 Å². The minimum atomic E-state index is 0. The highest BCUT2D eigenvalue weighted by molar-refractivity contribution is 5.85. The maximum absolute atomic E-state index is 11.6. The van der Waals surface area contributed by atoms with Crippen molar-refractivity contribution in [3.8, 4) is 0 Å². The SMILES string of the molecule is CCC(C)NC(=O)CN1CCCC1CN.Cl. The van der Waals surface area contributed by atoms with Gasteiger partial charge in [0.05, 0.1) is 6.54 Å². The van der Waals surface area contributed by atoms with Gasteiger partial charge in [0, 0.05) is 18.6 Å². The number of hydrogen-bond donors (Lipinski definition) is 2. The van der Waals surface area contributed by atoms with E-state index < -0.39 is 0 Å². The fourth-order valence-corrected chi connectivity index (χ4v) is 1.98. The van der Waals surface area contributed by atoms with Crippen molar-refractivity contribution in [2.75, 3.05) is 19.6 Å². The molecule has 0 spiro atoms. The minimum absolute atomic E-state index is 0. The summed E-state index contributed by atoms with van der Waals surface area (Å²) in [5.41, 5.74) is 5.65. The maximum atomic E-state index is 11.6. The highest BCUT2D eigenvalue weighted by Gasteiger charge is 2.24. The third-order valence-electron chi connectivity index (χ3n) is 3.14. The lowest BCUT2D eigenvalue weighted by atomic mass is 10.2. The molecule has 4 nitrogen and oxygen atoms in total. The van der Waals surface area contributed by atoms with Crippen LogP contribution < -0.4 is 11.1 Å². The largest absolute Gasteiger partial charge is 0.353 e. The molecule has 0 bridgehead atoms. The molecule has 3 N–H and O–H groups in total. The van der Waals surface area contributed by atoms with Gasteiger partial charge in [-0.05, 0) is 32.7 Å². The van der Waals surface area contributed by atoms with Gasteiger partial charge in [0.1, 0.15) is 0 Å². The molecule has 1 amide bonds. The topological polar surface area (TPSA) is 58.4 Å². The number of hydrogen-bond acceptors (Lipinski definition) is 3. The van der Waals surface area contributed by atoms with Crippen molar-refractivity contribution < 1.29 is 4.79 Å². The van der Waals surface area contributed by atoms with Crippen molar-refractivity contribution in [3.05, 3.63) is 0 Å². The molecule has 1 heterocycles. The summed E-state index contributed by atoms with van der Waals surface area (Å²) < 4.78 is 0. The molecule has 16 heavy (non-hydrogen) atoms. The zero-order valence-corrected chi connectivity index (χ0v) is 11.1. The average Bonchev–Trinajstić information content (AvgIpc) is 2.64. The Morgan fingerprint density at radius 1 is 1.62 bits per heavy atom. The Morgan fingerprint density at radius 2 is 2.31 bits per heavy atom. The monoisotopic (exact) mass is 249 g/mol. The summed E-state index contributed by atoms with van der Waals surface area (Å²) >= 11 is 0. The number of halogens is 1. The predicted molar refractivity (Wildman–Crippen MR) is 68.8 cm³/mol. The summed E-state index contributed by atoms with van der Waals surface area (Å²) in [4.78, 5) is 13.8. The van der Waals surface area contributed by atoms with E-state index in [4.69, 9.17) is 5.73 Å². The second kappa shape index (κ2) is 7.87. The fourth-order valence-electron chi connectivity index (χ4n) is 1.98. The standard InChI is InChI=1S/C11H23N3O.ClH/c1-3-9(2)13-11(15)8-14-6-4-5-10(14)7-12;/h9-10H,3-8,12H2,1-2H3,(H,13,15);1H. The lowest BCUT2D eigenvalue weighted by molar-refractivity contribution is -0.123. The summed E-state index contributed by atoms with van der Waals surface area (Å²) in [6, 6.07) is 0.684. The molecule has 1 saturated heterocycles. The molecule has 1 aliphatic heterocycles. The van der Waals surface area contributed by atoms with Crippen LogP contribution in [0.15, 0.2) is 0 Å². The van der Waals surface area contributed by atoms with Crippen molar-refractivity contribution in [1.82, 2.24) is 10.2 Å². The molecule has 0 saturated carbocycles. The van der Waals surface area contributed by atoms with Gasteiger partial charge >= 0.3 is 0 Å². The van der Waals surface area contributed by atoms with Gasteiger partial charge in [-0.1, -0.05) is 6.92 Å². The molecule has 0 aromatic heterocycles. The summed E-state index contributed by atoms with van der Waals surface area (Å²) in [5, 5.41) is 2.98. The van der Waals surface area contributed by atoms with Crippen LogP contribution in [0.4, 0.5) is 0 Å². The molecule has 1 fully saturated rings. The lowest BCUT2D eigenvalue weighted by Gasteiger charge is -2.23. The molecule has 5 heteroatoms. The second-order valence-electron chi connectivity index (χ2n) is 4.38. The van der Waals surface area contributed by atoms with Crippen LogP contribution >= 0.6 is 12.4 Å². The number of likely N-dealkylation sites (tertiary alicyclic amines) is 1. The van der Waals surface area contributed by atoms with Crippen LogP contribution in [-0.2, 0) is 4.79 Å². The van der Waals surface area contributed by atoms with E-state index in [1.54, 1.807) is 0 Å². The summed E-state index contributed by atoms with van der Waals surface area (Å²) in [6.07, 6.45) is 3.28. The number of amides is 1. The molecule has 0 aromatic rings. The smallest absolute Gasteiger partial charge is 0.234 e. The Bertz CT molecular complexity index is 213. The molecule has 96 valence electrons. The number of rotatable bonds is 5. The zero-order chi connectivity index (χ0) is 11.3. The van der Waals surface area contributed by atoms with E-state index >= 15 is 0 Å². The molecule has 2 atom stereocenters. The van der Waals surface area contributed by atoms with E-state index in [9.17, 15) is 4.79 Å². The molecule has 0 aromatic carbocycles. The van der Waals surface area contributed by atoms with E-state index in [2.05, 4.69) is 17.1 Å². The number of carbonyl (C=O) groups is 1. The van der Waals surface area contributed by atoms with Crippen LogP contribution in [-0.4, -0.2) is 42.5 Å². The van der Waals surface area contributed by atoms with Crippen LogP contribution in [0, 0.1) is 0 Å². The second-order valence-corrected chi connectivity index (χ2v) is 4.38. The molecule has 1 rings (SSSR count). The molecule has 0 aliphatic carbocycles. The lowest BCUT2D eigenvalue weighted by Crippen LogP contribution is -2.44. The van der Waals surface area contributed by atoms with Gasteiger partial charge in [-0.25, -0.2) is 0 Å². The minimum Gasteiger partial charge on any atom is -0.353 e. The van der Waals surface area contributed by atoms with Crippen molar-refractivity contribution >= 4 is 18.3 Å². The quantitative estimate of drug-likeness (QED) is 0.756. The highest BCUT2D eigenvalue weighted by Crippen LogP contribution is 2.15. The molecular weight excluding hydrogens is 226 g/mol. The Balaban J connectivity index is 0.00000225. The van der Waals surface area contributed by atoms with Crippen LogP contribution in [0.2, 0.25) is 0 Å². The van der Waals surface area contributed by atoms with Gasteiger partial charge in [0.2, 0.25) is 5.91 Å².